The number of hydrogen-bond acceptors (Lipinski definition) is 57. The average molecular weight is 2080 g/mol. The van der Waals surface area contributed by atoms with Gasteiger partial charge in [0.1, 0.15) is 256 Å². The third kappa shape index (κ3) is 26.0. The fourth-order valence-electron chi connectivity index (χ4n) is 18.3. The number of carboxylic acids is 1. The van der Waals surface area contributed by atoms with Gasteiger partial charge in [-0.15, -0.1) is 0 Å². The summed E-state index contributed by atoms with van der Waals surface area (Å²) < 4.78 is 124. The molecule has 11 saturated heterocycles. The zero-order chi connectivity index (χ0) is 105. The number of carboxylic acid groups (broad SMARTS) is 1. The topological polar surface area (TPSA) is 984 Å². The standard InChI is InChI=1S/C79H131N5O58/c1-18-40(99)51(110)56(115)72(125-18)122-15-32-44(103)52(111)57(116)73(132-32)136-61-29(12-89)130-70(38(49(61)108)83-22(5)95)140-66-54(113)42(101)26(9-86)127-76(66)123-16-33-46(105)65(59(118)75(133-33)138-63-31(14-91)129-69(37(48(63)107)82-21(4)94)135-60-28(11-88)126-68(119)36(47(60)106)81-20(3)93)139-77-67(55(114)43(102)27(10-87)128-77)141-71-39(84-23(6)96)50(109)62(30(13-90)131-71)137-74-58(117)53(112)45(104)34(134-74)17-124-79(78(120)121)7-24(97)35(80-19(2)92)64(142-79)41(100)25(98)8-85/h18,24-77,85-91,97-119H,7-17H2,1-6H3,(H,80,92)(H,81,93)(H,82,94)(H,83,95)(H,84,96)(H,120,121)/t18-,24-,25+,26+,27+,28+,29+,30+,31+,32+,33+,34+,35+,36+,37+,38+,39+,40+,41+,42+,43+,44-,45-,46+,47+,48+,49+,50+,51+,52-,53-,54-,55-,56-,57+,58+,59-,60+,61+,62+,63+,64+,65-,66-,67-,68?,69-,70-,71-,72+,73-,74-,75-,76-,77+,79+/m0/s1. The summed E-state index contributed by atoms with van der Waals surface area (Å²) in [6.07, 6.45) is -109. The summed E-state index contributed by atoms with van der Waals surface area (Å²) in [6.45, 7) is -5.92. The van der Waals surface area contributed by atoms with Gasteiger partial charge in [0.2, 0.25) is 29.5 Å². The van der Waals surface area contributed by atoms with Crippen molar-refractivity contribution in [1.29, 1.82) is 0 Å². The Labute approximate surface area is 803 Å². The largest absolute Gasteiger partial charge is 0.477 e. The van der Waals surface area contributed by atoms with Gasteiger partial charge >= 0.3 is 5.97 Å². The Hall–Kier alpha value is -5.22. The first-order chi connectivity index (χ1) is 66.9. The SMILES string of the molecule is CC(=O)N[C@H]1[C@H](O[C@H]2[C@H](O)[C@@H](NC(C)=O)C(O)O[C@@H]2CO)O[C@H](CO)[C@@H](O[C@@H]2O[C@H](CO[C@H]3O[C@H](CO)[C@@H](O)[C@H](O)[C@@H]3O[C@@H]3O[C@H](CO)[C@@H](O[C@@H]4O[C@H](CO[C@@H]5O[C@@H](C)[C@@H](O)[C@@H](O)[C@@H]5O)[C@H](O)[C@H](O)[C@H]4O)[C@H](O)[C@H]3NC(C)=O)[C@@H](O)[C@H](O[C@H]3O[C@H](CO)[C@@H](O)[C@H](O)[C@@H]3O[C@@H]3O[C@H](CO)[C@@H](O[C@@H]4O[C@H](CO[C@]5(C(=O)O)C[C@H](O)[C@@H](NC(C)=O)[C@H]([C@H](O)[C@H](O)CO)O5)[C@H](O)[C@H](O)[C@H]4O)[C@H](O)[C@H]3NC(C)=O)[C@@H]2O)[C@@H]1O. The van der Waals surface area contributed by atoms with E-state index in [0.29, 0.717) is 0 Å². The van der Waals surface area contributed by atoms with Gasteiger partial charge in [0.05, 0.1) is 84.3 Å². The Morgan fingerprint density at radius 1 is 0.303 bits per heavy atom. The van der Waals surface area contributed by atoms with Crippen LogP contribution in [0.2, 0.25) is 0 Å². The number of carbonyl (C=O) groups is 6. The number of aliphatic carboxylic acids is 1. The fourth-order valence-corrected chi connectivity index (χ4v) is 18.3. The molecule has 11 aliphatic heterocycles. The monoisotopic (exact) mass is 2080 g/mol. The number of rotatable bonds is 38. The van der Waals surface area contributed by atoms with E-state index in [9.17, 15) is 187 Å². The molecule has 11 aliphatic rings. The van der Waals surface area contributed by atoms with Crippen LogP contribution in [-0.2, 0) is 128 Å². The van der Waals surface area contributed by atoms with Crippen LogP contribution >= 0.6 is 0 Å². The maximum absolute atomic E-state index is 13.3. The summed E-state index contributed by atoms with van der Waals surface area (Å²) in [4.78, 5) is 77.1. The van der Waals surface area contributed by atoms with E-state index >= 15 is 0 Å². The van der Waals surface area contributed by atoms with Gasteiger partial charge in [-0.05, 0) is 6.92 Å². The van der Waals surface area contributed by atoms with Crippen molar-refractivity contribution in [3.05, 3.63) is 0 Å². The highest BCUT2D eigenvalue weighted by Crippen LogP contribution is 2.43. The molecule has 11 heterocycles. The van der Waals surface area contributed by atoms with Gasteiger partial charge in [0, 0.05) is 41.0 Å². The smallest absolute Gasteiger partial charge is 0.364 e. The molecule has 63 nitrogen and oxygen atoms in total. The molecule has 0 saturated carbocycles. The maximum Gasteiger partial charge on any atom is 0.364 e. The Morgan fingerprint density at radius 3 is 1.02 bits per heavy atom. The number of aliphatic hydroxyl groups excluding tert-OH is 30. The minimum Gasteiger partial charge on any atom is -0.477 e. The molecule has 0 spiro atoms. The number of carbonyl (C=O) groups excluding carboxylic acids is 5. The Kier molecular flexibility index (Phi) is 41.7. The number of aliphatic hydroxyl groups is 30. The molecule has 0 aromatic rings. The van der Waals surface area contributed by atoms with Crippen LogP contribution in [0.3, 0.4) is 0 Å². The number of amides is 5. The minimum atomic E-state index is -3.12. The van der Waals surface area contributed by atoms with Crippen LogP contribution in [-0.4, -0.2) is 603 Å². The number of nitrogens with one attached hydrogen (secondary N) is 5. The predicted octanol–water partition coefficient (Wildman–Crippen LogP) is -24.0. The molecular weight excluding hydrogens is 1950 g/mol. The molecule has 36 N–H and O–H groups in total. The molecule has 11 fully saturated rings. The highest BCUT2D eigenvalue weighted by molar-refractivity contribution is 5.77. The molecule has 63 heteroatoms. The quantitative estimate of drug-likeness (QED) is 0.0273. The lowest BCUT2D eigenvalue weighted by molar-refractivity contribution is -0.399. The fraction of sp³-hybridized carbons (Fsp3) is 0.924. The van der Waals surface area contributed by atoms with Crippen molar-refractivity contribution >= 4 is 35.5 Å². The summed E-state index contributed by atoms with van der Waals surface area (Å²) in [5.41, 5.74) is 0. The minimum absolute atomic E-state index is 0.823. The van der Waals surface area contributed by atoms with Gasteiger partial charge in [-0.25, -0.2) is 4.79 Å². The van der Waals surface area contributed by atoms with Gasteiger partial charge in [-0.1, -0.05) is 0 Å². The van der Waals surface area contributed by atoms with E-state index in [4.69, 9.17) is 99.5 Å². The van der Waals surface area contributed by atoms with Crippen LogP contribution < -0.4 is 26.6 Å². The summed E-state index contributed by atoms with van der Waals surface area (Å²) in [6, 6.07) is -9.57. The molecule has 0 aliphatic carbocycles. The first-order valence-electron chi connectivity index (χ1n) is 45.1. The lowest BCUT2D eigenvalue weighted by Crippen LogP contribution is -2.71. The summed E-state index contributed by atoms with van der Waals surface area (Å²) in [5.74, 6) is -9.94. The lowest BCUT2D eigenvalue weighted by atomic mass is 9.88. The van der Waals surface area contributed by atoms with Crippen LogP contribution in [0.15, 0.2) is 0 Å². The molecule has 5 amide bonds. The lowest BCUT2D eigenvalue weighted by Gasteiger charge is -2.51. The van der Waals surface area contributed by atoms with E-state index in [1.54, 1.807) is 0 Å². The van der Waals surface area contributed by atoms with E-state index in [-0.39, 0.29) is 0 Å². The first kappa shape index (κ1) is 117. The number of ether oxygens (including phenoxy) is 21. The third-order valence-corrected chi connectivity index (χ3v) is 25.9. The molecule has 142 heavy (non-hydrogen) atoms. The van der Waals surface area contributed by atoms with Gasteiger partial charge in [0.25, 0.3) is 5.79 Å². The van der Waals surface area contributed by atoms with E-state index in [2.05, 4.69) is 26.6 Å². The summed E-state index contributed by atoms with van der Waals surface area (Å²) in [5, 5.41) is 360. The van der Waals surface area contributed by atoms with Crippen LogP contribution in [0.5, 0.6) is 0 Å². The van der Waals surface area contributed by atoms with Gasteiger partial charge in [0.15, 0.2) is 62.9 Å². The molecule has 56 atom stereocenters. The van der Waals surface area contributed by atoms with E-state index in [0.717, 1.165) is 34.6 Å². The second kappa shape index (κ2) is 50.6. The third-order valence-electron chi connectivity index (χ3n) is 25.9. The van der Waals surface area contributed by atoms with Crippen LogP contribution in [0.1, 0.15) is 48.0 Å². The zero-order valence-electron chi connectivity index (χ0n) is 76.4. The van der Waals surface area contributed by atoms with Crippen LogP contribution in [0.4, 0.5) is 0 Å². The van der Waals surface area contributed by atoms with E-state index in [1.165, 1.54) is 6.92 Å². The predicted molar refractivity (Wildman–Crippen MR) is 436 cm³/mol. The van der Waals surface area contributed by atoms with Crippen molar-refractivity contribution in [2.45, 2.75) is 391 Å². The van der Waals surface area contributed by atoms with Gasteiger partial charge < -0.3 is 284 Å². The maximum atomic E-state index is 13.3. The van der Waals surface area contributed by atoms with Crippen LogP contribution in [0, 0.1) is 0 Å². The molecule has 0 aromatic heterocycles. The Bertz CT molecular complexity index is 4010. The zero-order valence-corrected chi connectivity index (χ0v) is 76.4. The molecule has 820 valence electrons. The highest BCUT2D eigenvalue weighted by atomic mass is 16.8. The van der Waals surface area contributed by atoms with Crippen molar-refractivity contribution < 1.29 is 287 Å². The first-order valence-corrected chi connectivity index (χ1v) is 45.1. The molecular formula is C79H131N5O58. The van der Waals surface area contributed by atoms with E-state index < -0.39 is 451 Å². The molecule has 0 bridgehead atoms. The Balaban J connectivity index is 0.887. The summed E-state index contributed by atoms with van der Waals surface area (Å²) >= 11 is 0. The average Bonchev–Trinajstić information content (AvgIpc) is 0.764. The number of hydrogen-bond donors (Lipinski definition) is 36. The van der Waals surface area contributed by atoms with Crippen molar-refractivity contribution in [2.75, 3.05) is 66.1 Å². The van der Waals surface area contributed by atoms with Crippen molar-refractivity contribution in [2.24, 2.45) is 0 Å². The second-order valence-electron chi connectivity index (χ2n) is 36.0. The van der Waals surface area contributed by atoms with Crippen molar-refractivity contribution in [3.63, 3.8) is 0 Å². The summed E-state index contributed by atoms with van der Waals surface area (Å²) in [7, 11) is 0. The molecule has 0 radical (unpaired) electrons. The molecule has 0 aromatic carbocycles. The molecule has 11 rings (SSSR count). The van der Waals surface area contributed by atoms with Crippen molar-refractivity contribution in [1.82, 2.24) is 26.6 Å². The highest BCUT2D eigenvalue weighted by Gasteiger charge is 2.64. The van der Waals surface area contributed by atoms with Crippen LogP contribution in [0.25, 0.3) is 0 Å². The van der Waals surface area contributed by atoms with Crippen molar-refractivity contribution in [3.8, 4) is 0 Å². The van der Waals surface area contributed by atoms with Gasteiger partial charge in [-0.3, -0.25) is 24.0 Å². The second-order valence-corrected chi connectivity index (χ2v) is 36.0. The van der Waals surface area contributed by atoms with E-state index in [1.807, 2.05) is 0 Å². The Morgan fingerprint density at radius 2 is 0.613 bits per heavy atom. The molecule has 1 unspecified atom stereocenters. The normalized spacial score (nSPS) is 48.0. The van der Waals surface area contributed by atoms with Gasteiger partial charge in [-0.2, -0.15) is 0 Å².